The van der Waals surface area contributed by atoms with Gasteiger partial charge in [-0.3, -0.25) is 51.5 Å². The molecule has 0 bridgehead atoms. The summed E-state index contributed by atoms with van der Waals surface area (Å²) in [5.41, 5.74) is 0. The number of ether oxygens (including phenoxy) is 6. The van der Waals surface area contributed by atoms with Crippen LogP contribution < -0.4 is 31.9 Å². The molecule has 3 aliphatic heterocycles. The summed E-state index contributed by atoms with van der Waals surface area (Å²) in [5, 5.41) is 117. The average molecular weight is 2020 g/mol. The molecule has 45 heteroatoms. The van der Waals surface area contributed by atoms with Crippen LogP contribution in [0.3, 0.4) is 0 Å². The van der Waals surface area contributed by atoms with Crippen molar-refractivity contribution in [2.45, 2.75) is 414 Å². The highest BCUT2D eigenvalue weighted by atomic mass is 31.2. The minimum absolute atomic E-state index is 0.0247. The molecule has 3 fully saturated rings. The molecule has 3 aliphatic rings. The van der Waals surface area contributed by atoms with E-state index < -0.39 is 229 Å². The number of rotatable bonds is 85. The normalized spacial score (nSPS) is 24.5. The topological polar surface area (TPSA) is 628 Å². The summed E-state index contributed by atoms with van der Waals surface area (Å²) >= 11 is 0. The van der Waals surface area contributed by atoms with Crippen molar-refractivity contribution in [3.8, 4) is 0 Å². The van der Waals surface area contributed by atoms with Crippen molar-refractivity contribution in [2.24, 2.45) is 11.8 Å². The number of phosphoric ester groups is 1. The summed E-state index contributed by atoms with van der Waals surface area (Å²) in [6.07, 6.45) is 21.4. The Hall–Kier alpha value is -3.26. The SMILES string of the molecule is CC(=O)NC1C(OCCCCCCCCCCCCCCCC(=O)NC[C@@H](CO)CP(=O)(O)OC[C@H](CNC(=O)CCCCCCCCCCCCCCCOC2OC(CO)C(O)C(O)C2NC(C)=O)CP(=O)(O)OC[C@H](CNC(=O)CCCCCCCCCCCCCCCOC2OC(CO)C(O)C(O)C2NC(C)=O)OP(=O)(O)OCCCCCCOP(C)(=O)O)OC(CO)C(O)C1O. The molecule has 0 aromatic rings. The van der Waals surface area contributed by atoms with E-state index in [0.29, 0.717) is 58.3 Å². The molecule has 6 amide bonds. The lowest BCUT2D eigenvalue weighted by Gasteiger charge is -2.42. The zero-order valence-electron chi connectivity index (χ0n) is 80.9. The fourth-order valence-corrected chi connectivity index (χ4v) is 20.5. The molecule has 3 saturated heterocycles. The minimum Gasteiger partial charge on any atom is -0.396 e. The third-order valence-corrected chi connectivity index (χ3v) is 28.9. The molecule has 135 heavy (non-hydrogen) atoms. The minimum atomic E-state index is -4.95. The number of hydrogen-bond donors (Lipinski definition) is 20. The van der Waals surface area contributed by atoms with E-state index in [9.17, 15) is 118 Å². The van der Waals surface area contributed by atoms with Gasteiger partial charge in [-0.2, -0.15) is 0 Å². The van der Waals surface area contributed by atoms with E-state index >= 15 is 0 Å². The third-order valence-electron chi connectivity index (χ3n) is 24.1. The Morgan fingerprint density at radius 3 is 0.852 bits per heavy atom. The van der Waals surface area contributed by atoms with Crippen molar-refractivity contribution in [1.29, 1.82) is 0 Å². The fourth-order valence-electron chi connectivity index (χ4n) is 16.3. The predicted molar refractivity (Wildman–Crippen MR) is 503 cm³/mol. The number of aliphatic hydroxyl groups is 10. The lowest BCUT2D eigenvalue weighted by molar-refractivity contribution is -0.270. The molecule has 0 aromatic carbocycles. The van der Waals surface area contributed by atoms with Crippen LogP contribution in [0.4, 0.5) is 0 Å². The van der Waals surface area contributed by atoms with E-state index in [0.717, 1.165) is 238 Å². The second kappa shape index (κ2) is 74.6. The van der Waals surface area contributed by atoms with Crippen molar-refractivity contribution in [1.82, 2.24) is 31.9 Å². The van der Waals surface area contributed by atoms with Gasteiger partial charge in [0.2, 0.25) is 35.4 Å². The molecule has 0 aliphatic carbocycles. The Bertz CT molecular complexity index is 3340. The van der Waals surface area contributed by atoms with Crippen LogP contribution in [-0.4, -0.2) is 315 Å². The van der Waals surface area contributed by atoms with Crippen LogP contribution in [0.1, 0.15) is 316 Å². The number of amides is 6. The van der Waals surface area contributed by atoms with Gasteiger partial charge in [0.05, 0.1) is 58.6 Å². The van der Waals surface area contributed by atoms with Gasteiger partial charge in [-0.1, -0.05) is 225 Å². The van der Waals surface area contributed by atoms with Crippen molar-refractivity contribution < 1.29 is 169 Å². The molecular weight excluding hydrogens is 1850 g/mol. The lowest BCUT2D eigenvalue weighted by Crippen LogP contribution is -2.64. The Balaban J connectivity index is 1.50. The van der Waals surface area contributed by atoms with Gasteiger partial charge in [0, 0.05) is 105 Å². The standard InChI is InChI=1S/C90H174N6O35P4/c1-67(101)94-79-85(110)82(107)73(60-98)128-88(79)121-51-43-35-29-23-17-11-5-8-14-20-26-32-40-48-76(104)91-56-70(59-97)65-133(115,116)126-63-71(57-92-77(105)49-41-33-27-21-15-9-6-12-18-24-30-36-44-52-122-89-80(95-68(2)102)86(111)83(108)74(61-99)129-89)66-134(117,118)127-64-72(131-135(119,120)125-55-47-39-38-46-54-124-132(4,113)114)58-93-78(106)50-42-34-28-22-16-10-7-13-19-25-31-37-45-53-123-90-81(96-69(3)103)87(112)84(109)75(62-100)130-90/h70-75,79-90,97-100,107-112H,5-66H2,1-4H3,(H,91,104)(H,92,105)(H,93,106)(H,94,101)(H,95,102)(H,96,103)(H,113,114)(H,115,116)(H,117,118)(H,119,120)/t70-,71-,72-,73?,74?,75?,79?,80?,81?,82?,83?,84?,85?,86?,87?,88?,89?,90?/m0/s1. The second-order valence-electron chi connectivity index (χ2n) is 36.6. The predicted octanol–water partition coefficient (Wildman–Crippen LogP) is 8.12. The molecular formula is C90H174N6O35P4. The van der Waals surface area contributed by atoms with Crippen LogP contribution in [0.15, 0.2) is 0 Å². The van der Waals surface area contributed by atoms with Crippen LogP contribution >= 0.6 is 30.6 Å². The van der Waals surface area contributed by atoms with Gasteiger partial charge < -0.3 is 145 Å². The van der Waals surface area contributed by atoms with Crippen molar-refractivity contribution in [2.75, 3.05) is 111 Å². The van der Waals surface area contributed by atoms with E-state index in [2.05, 4.69) is 31.9 Å². The Morgan fingerprint density at radius 2 is 0.570 bits per heavy atom. The van der Waals surface area contributed by atoms with Gasteiger partial charge in [-0.05, 0) is 51.4 Å². The first-order valence-electron chi connectivity index (χ1n) is 49.9. The van der Waals surface area contributed by atoms with Gasteiger partial charge in [-0.25, -0.2) is 4.57 Å². The summed E-state index contributed by atoms with van der Waals surface area (Å²) in [6, 6.07) is -2.94. The highest BCUT2D eigenvalue weighted by Gasteiger charge is 2.48. The monoisotopic (exact) mass is 2020 g/mol. The van der Waals surface area contributed by atoms with Crippen LogP contribution in [0, 0.1) is 11.8 Å². The molecule has 0 spiro atoms. The molecule has 22 atom stereocenters. The summed E-state index contributed by atoms with van der Waals surface area (Å²) in [7, 11) is -18.1. The number of nitrogens with one attached hydrogen (secondary N) is 6. The molecule has 19 unspecified atom stereocenters. The molecule has 0 radical (unpaired) electrons. The quantitative estimate of drug-likeness (QED) is 0.0202. The van der Waals surface area contributed by atoms with Crippen LogP contribution in [0.2, 0.25) is 0 Å². The average Bonchev–Trinajstić information content (AvgIpc) is 0.815. The third kappa shape index (κ3) is 60.8. The number of carbonyl (C=O) groups is 6. The largest absolute Gasteiger partial charge is 0.472 e. The van der Waals surface area contributed by atoms with Gasteiger partial charge in [-0.15, -0.1) is 0 Å². The lowest BCUT2D eigenvalue weighted by atomic mass is 9.97. The number of carbonyl (C=O) groups excluding carboxylic acids is 6. The van der Waals surface area contributed by atoms with E-state index in [4.69, 9.17) is 51.0 Å². The van der Waals surface area contributed by atoms with E-state index in [1.807, 2.05) is 0 Å². The molecule has 20 N–H and O–H groups in total. The second-order valence-corrected chi connectivity index (χ2v) is 43.7. The Labute approximate surface area is 800 Å². The zero-order chi connectivity index (χ0) is 99.7. The number of phosphoric acid groups is 1. The van der Waals surface area contributed by atoms with E-state index in [1.165, 1.54) is 20.8 Å². The van der Waals surface area contributed by atoms with Crippen molar-refractivity contribution in [3.63, 3.8) is 0 Å². The highest BCUT2D eigenvalue weighted by molar-refractivity contribution is 7.53. The number of hydrogen-bond acceptors (Lipinski definition) is 31. The Kier molecular flexibility index (Phi) is 69.6. The molecule has 3 rings (SSSR count). The zero-order valence-corrected chi connectivity index (χ0v) is 84.4. The van der Waals surface area contributed by atoms with Crippen molar-refractivity contribution >= 4 is 66.1 Å². The molecule has 3 heterocycles. The smallest absolute Gasteiger partial charge is 0.396 e. The Morgan fingerprint density at radius 1 is 0.319 bits per heavy atom. The van der Waals surface area contributed by atoms with Gasteiger partial charge in [0.25, 0.3) is 0 Å². The maximum atomic E-state index is 14.2. The van der Waals surface area contributed by atoms with Crippen LogP contribution in [-0.2, 0) is 98.1 Å². The van der Waals surface area contributed by atoms with Crippen LogP contribution in [0.5, 0.6) is 0 Å². The van der Waals surface area contributed by atoms with Crippen molar-refractivity contribution in [3.05, 3.63) is 0 Å². The number of unbranched alkanes of at least 4 members (excludes halogenated alkanes) is 39. The first kappa shape index (κ1) is 126. The number of aliphatic hydroxyl groups excluding tert-OH is 10. The van der Waals surface area contributed by atoms with E-state index in [-0.39, 0.29) is 57.9 Å². The summed E-state index contributed by atoms with van der Waals surface area (Å²) in [5.74, 6) is -4.50. The van der Waals surface area contributed by atoms with Gasteiger partial charge in [0.15, 0.2) is 18.9 Å². The van der Waals surface area contributed by atoms with E-state index in [1.54, 1.807) is 0 Å². The molecule has 41 nitrogen and oxygen atoms in total. The van der Waals surface area contributed by atoms with Crippen LogP contribution in [0.25, 0.3) is 0 Å². The molecule has 794 valence electrons. The molecule has 0 saturated carbocycles. The fraction of sp³-hybridized carbons (Fsp3) is 0.933. The summed E-state index contributed by atoms with van der Waals surface area (Å²) < 4.78 is 114. The summed E-state index contributed by atoms with van der Waals surface area (Å²) in [4.78, 5) is 118. The maximum absolute atomic E-state index is 14.2. The highest BCUT2D eigenvalue weighted by Crippen LogP contribution is 2.50. The molecule has 0 aromatic heterocycles. The van der Waals surface area contributed by atoms with Gasteiger partial charge >= 0.3 is 30.6 Å². The first-order valence-corrected chi connectivity index (χ1v) is 57.0. The van der Waals surface area contributed by atoms with Gasteiger partial charge in [0.1, 0.15) is 79.2 Å². The first-order chi connectivity index (χ1) is 64.4. The summed E-state index contributed by atoms with van der Waals surface area (Å²) in [6.45, 7) is 0.988. The maximum Gasteiger partial charge on any atom is 0.472 e.